The number of ether oxygens (including phenoxy) is 2. The fraction of sp³-hybridized carbons (Fsp3) is 0.923. The van der Waals surface area contributed by atoms with Gasteiger partial charge in [-0.2, -0.15) is 0 Å². The van der Waals surface area contributed by atoms with Crippen molar-refractivity contribution in [3.8, 4) is 0 Å². The predicted molar refractivity (Wildman–Crippen MR) is 56.9 cm³/mol. The van der Waals surface area contributed by atoms with Crippen LogP contribution in [0.1, 0.15) is 51.9 Å². The fourth-order valence-electron chi connectivity index (χ4n) is 3.73. The summed E-state index contributed by atoms with van der Waals surface area (Å²) in [5.74, 6) is -0.161. The summed E-state index contributed by atoms with van der Waals surface area (Å²) < 4.78 is 11.6. The molecule has 0 radical (unpaired) electrons. The van der Waals surface area contributed by atoms with Crippen molar-refractivity contribution in [2.45, 2.75) is 69.2 Å². The maximum Gasteiger partial charge on any atom is 0.303 e. The van der Waals surface area contributed by atoms with Crippen LogP contribution in [0.5, 0.6) is 0 Å². The third-order valence-corrected chi connectivity index (χ3v) is 4.82. The SMILES string of the molecule is CC(=O)O[C@H]1CC12CC1(CC1)CC1(CC1)O2. The average molecular weight is 222 g/mol. The standard InChI is InChI=1S/C13H18O3/c1-9(14)15-10-6-13(10)8-11(2-3-11)7-12(16-13)4-5-12/h10H,2-8H2,1H3/t10-,13?/m0/s1. The topological polar surface area (TPSA) is 35.5 Å². The lowest BCUT2D eigenvalue weighted by molar-refractivity contribution is -0.157. The molecule has 0 amide bonds. The van der Waals surface area contributed by atoms with Crippen molar-refractivity contribution >= 4 is 5.97 Å². The average Bonchev–Trinajstić information content (AvgIpc) is 3.08. The van der Waals surface area contributed by atoms with E-state index in [9.17, 15) is 4.79 Å². The zero-order chi connectivity index (χ0) is 11.0. The van der Waals surface area contributed by atoms with Crippen molar-refractivity contribution in [3.63, 3.8) is 0 Å². The van der Waals surface area contributed by atoms with Crippen LogP contribution in [0.25, 0.3) is 0 Å². The van der Waals surface area contributed by atoms with Crippen molar-refractivity contribution in [2.75, 3.05) is 0 Å². The zero-order valence-corrected chi connectivity index (χ0v) is 9.75. The Morgan fingerprint density at radius 1 is 1.25 bits per heavy atom. The van der Waals surface area contributed by atoms with Gasteiger partial charge in [-0.05, 0) is 43.9 Å². The molecular weight excluding hydrogens is 204 g/mol. The van der Waals surface area contributed by atoms with Crippen LogP contribution in [0, 0.1) is 5.41 Å². The first-order valence-electron chi connectivity index (χ1n) is 6.43. The predicted octanol–water partition coefficient (Wildman–Crippen LogP) is 2.18. The second-order valence-corrected chi connectivity index (χ2v) is 6.51. The van der Waals surface area contributed by atoms with Gasteiger partial charge in [-0.15, -0.1) is 0 Å². The molecule has 3 spiro atoms. The van der Waals surface area contributed by atoms with Crippen LogP contribution >= 0.6 is 0 Å². The Kier molecular flexibility index (Phi) is 1.46. The highest BCUT2D eigenvalue weighted by molar-refractivity contribution is 5.66. The molecule has 1 heterocycles. The van der Waals surface area contributed by atoms with Gasteiger partial charge in [0.15, 0.2) is 0 Å². The number of esters is 1. The lowest BCUT2D eigenvalue weighted by Gasteiger charge is -2.37. The molecule has 0 aromatic carbocycles. The summed E-state index contributed by atoms with van der Waals surface area (Å²) in [6, 6.07) is 0. The Hall–Kier alpha value is -0.570. The monoisotopic (exact) mass is 222 g/mol. The summed E-state index contributed by atoms with van der Waals surface area (Å²) in [6.07, 6.45) is 8.59. The summed E-state index contributed by atoms with van der Waals surface area (Å²) in [4.78, 5) is 11.0. The summed E-state index contributed by atoms with van der Waals surface area (Å²) >= 11 is 0. The summed E-state index contributed by atoms with van der Waals surface area (Å²) in [5, 5.41) is 0. The van der Waals surface area contributed by atoms with E-state index in [1.54, 1.807) is 0 Å². The van der Waals surface area contributed by atoms with Gasteiger partial charge >= 0.3 is 5.97 Å². The van der Waals surface area contributed by atoms with Gasteiger partial charge in [0.1, 0.15) is 11.7 Å². The van der Waals surface area contributed by atoms with Crippen LogP contribution in [-0.4, -0.2) is 23.3 Å². The van der Waals surface area contributed by atoms with E-state index in [1.165, 1.54) is 39.0 Å². The number of hydrogen-bond donors (Lipinski definition) is 0. The van der Waals surface area contributed by atoms with E-state index in [-0.39, 0.29) is 23.3 Å². The summed E-state index contributed by atoms with van der Waals surface area (Å²) in [5.41, 5.74) is 0.699. The lowest BCUT2D eigenvalue weighted by atomic mass is 9.86. The van der Waals surface area contributed by atoms with Crippen molar-refractivity contribution < 1.29 is 14.3 Å². The minimum absolute atomic E-state index is 0.0558. The van der Waals surface area contributed by atoms with Gasteiger partial charge in [-0.25, -0.2) is 0 Å². The molecule has 4 rings (SSSR count). The highest BCUT2D eigenvalue weighted by atomic mass is 16.6. The minimum atomic E-state index is -0.161. The van der Waals surface area contributed by atoms with E-state index in [1.807, 2.05) is 0 Å². The second kappa shape index (κ2) is 2.47. The van der Waals surface area contributed by atoms with Gasteiger partial charge in [-0.1, -0.05) is 0 Å². The molecule has 3 nitrogen and oxygen atoms in total. The first-order chi connectivity index (χ1) is 7.56. The normalized spacial score (nSPS) is 44.7. The molecule has 3 aliphatic carbocycles. The van der Waals surface area contributed by atoms with E-state index in [0.29, 0.717) is 5.41 Å². The highest BCUT2D eigenvalue weighted by Crippen LogP contribution is 2.71. The third kappa shape index (κ3) is 1.27. The van der Waals surface area contributed by atoms with E-state index < -0.39 is 0 Å². The molecule has 0 aromatic heterocycles. The molecule has 2 atom stereocenters. The van der Waals surface area contributed by atoms with Crippen LogP contribution in [0.3, 0.4) is 0 Å². The number of carbonyl (C=O) groups excluding carboxylic acids is 1. The molecule has 1 aliphatic heterocycles. The van der Waals surface area contributed by atoms with Gasteiger partial charge in [0.05, 0.1) is 5.60 Å². The molecule has 4 aliphatic rings. The van der Waals surface area contributed by atoms with E-state index in [0.717, 1.165) is 12.8 Å². The van der Waals surface area contributed by atoms with Crippen molar-refractivity contribution in [1.82, 2.24) is 0 Å². The Morgan fingerprint density at radius 2 is 2.00 bits per heavy atom. The molecule has 3 heteroatoms. The van der Waals surface area contributed by atoms with Gasteiger partial charge in [0.2, 0.25) is 0 Å². The molecule has 4 fully saturated rings. The summed E-state index contributed by atoms with van der Waals surface area (Å²) in [6.45, 7) is 1.49. The van der Waals surface area contributed by atoms with Crippen LogP contribution in [0.2, 0.25) is 0 Å². The number of carbonyl (C=O) groups is 1. The van der Waals surface area contributed by atoms with Crippen molar-refractivity contribution in [2.24, 2.45) is 5.41 Å². The Bertz CT molecular complexity index is 345. The smallest absolute Gasteiger partial charge is 0.303 e. The van der Waals surface area contributed by atoms with Gasteiger partial charge in [0.25, 0.3) is 0 Å². The van der Waals surface area contributed by atoms with Crippen LogP contribution in [0.15, 0.2) is 0 Å². The van der Waals surface area contributed by atoms with Crippen LogP contribution in [-0.2, 0) is 14.3 Å². The Morgan fingerprint density at radius 3 is 2.56 bits per heavy atom. The first-order valence-corrected chi connectivity index (χ1v) is 6.43. The zero-order valence-electron chi connectivity index (χ0n) is 9.75. The molecule has 0 bridgehead atoms. The number of rotatable bonds is 1. The molecule has 88 valence electrons. The maximum absolute atomic E-state index is 11.0. The lowest BCUT2D eigenvalue weighted by Crippen LogP contribution is -2.39. The van der Waals surface area contributed by atoms with E-state index in [2.05, 4.69) is 0 Å². The van der Waals surface area contributed by atoms with Gasteiger partial charge in [0, 0.05) is 13.3 Å². The first kappa shape index (κ1) is 9.46. The Balaban J connectivity index is 1.54. The number of hydrogen-bond acceptors (Lipinski definition) is 3. The van der Waals surface area contributed by atoms with Gasteiger partial charge in [-0.3, -0.25) is 4.79 Å². The molecular formula is C13H18O3. The molecule has 16 heavy (non-hydrogen) atoms. The molecule has 1 unspecified atom stereocenters. The third-order valence-electron chi connectivity index (χ3n) is 4.82. The van der Waals surface area contributed by atoms with E-state index in [4.69, 9.17) is 9.47 Å². The minimum Gasteiger partial charge on any atom is -0.459 e. The van der Waals surface area contributed by atoms with Crippen LogP contribution in [0.4, 0.5) is 0 Å². The molecule has 0 aromatic rings. The van der Waals surface area contributed by atoms with Crippen molar-refractivity contribution in [1.29, 1.82) is 0 Å². The Labute approximate surface area is 95.5 Å². The molecule has 3 saturated carbocycles. The van der Waals surface area contributed by atoms with E-state index >= 15 is 0 Å². The fourth-order valence-corrected chi connectivity index (χ4v) is 3.73. The van der Waals surface area contributed by atoms with Gasteiger partial charge < -0.3 is 9.47 Å². The largest absolute Gasteiger partial charge is 0.459 e. The highest BCUT2D eigenvalue weighted by Gasteiger charge is 2.72. The molecule has 1 saturated heterocycles. The molecule has 0 N–H and O–H groups in total. The maximum atomic E-state index is 11.0. The summed E-state index contributed by atoms with van der Waals surface area (Å²) in [7, 11) is 0. The quantitative estimate of drug-likeness (QED) is 0.638. The van der Waals surface area contributed by atoms with Crippen molar-refractivity contribution in [3.05, 3.63) is 0 Å². The van der Waals surface area contributed by atoms with Crippen LogP contribution < -0.4 is 0 Å². The second-order valence-electron chi connectivity index (χ2n) is 6.51.